The van der Waals surface area contributed by atoms with Crippen molar-refractivity contribution in [1.82, 2.24) is 10.2 Å². The van der Waals surface area contributed by atoms with Gasteiger partial charge in [-0.05, 0) is 0 Å². The fraction of sp³-hybridized carbons (Fsp3) is 0.250. The molecule has 0 atom stereocenters. The molecule has 0 amide bonds. The van der Waals surface area contributed by atoms with E-state index >= 15 is 0 Å². The van der Waals surface area contributed by atoms with Gasteiger partial charge in [0.1, 0.15) is 0 Å². The van der Waals surface area contributed by atoms with Gasteiger partial charge in [0.25, 0.3) is 0 Å². The maximum absolute atomic E-state index is 6.53. The average Bonchev–Trinajstić information content (AvgIpc) is 2.14. The third kappa shape index (κ3) is 0.945. The first-order chi connectivity index (χ1) is 3.83. The molecular formula is C4H3N3Se. The summed E-state index contributed by atoms with van der Waals surface area (Å²) < 4.78 is 1.55. The summed E-state index contributed by atoms with van der Waals surface area (Å²) in [6, 6.07) is 0. The quantitative estimate of drug-likeness (QED) is 0.418. The van der Waals surface area contributed by atoms with Crippen LogP contribution in [0, 0.1) is 13.5 Å². The molecule has 0 radical (unpaired) electrons. The number of rotatable bonds is 0. The Kier molecular flexibility index (Phi) is 1.43. The molecule has 4 heteroatoms. The monoisotopic (exact) mass is 173 g/mol. The SMILES string of the molecule is [C-]#[N+]c1nnc(C)[se]1. The fourth-order valence-corrected chi connectivity index (χ4v) is 1.32. The summed E-state index contributed by atoms with van der Waals surface area (Å²) in [5.74, 6) is 0. The third-order valence-corrected chi connectivity index (χ3v) is 2.15. The van der Waals surface area contributed by atoms with Gasteiger partial charge in [-0.2, -0.15) is 0 Å². The minimum atomic E-state index is 0.141. The summed E-state index contributed by atoms with van der Waals surface area (Å²) in [7, 11) is 0. The van der Waals surface area contributed by atoms with Gasteiger partial charge in [0, 0.05) is 0 Å². The summed E-state index contributed by atoms with van der Waals surface area (Å²) in [6.45, 7) is 8.42. The van der Waals surface area contributed by atoms with E-state index in [-0.39, 0.29) is 14.5 Å². The van der Waals surface area contributed by atoms with Gasteiger partial charge in [-0.15, -0.1) is 0 Å². The Balaban J connectivity index is 3.05. The third-order valence-electron chi connectivity index (χ3n) is 0.611. The molecule has 0 aromatic carbocycles. The van der Waals surface area contributed by atoms with Gasteiger partial charge < -0.3 is 0 Å². The van der Waals surface area contributed by atoms with Gasteiger partial charge >= 0.3 is 52.3 Å². The molecule has 0 fully saturated rings. The van der Waals surface area contributed by atoms with Crippen LogP contribution in [0.2, 0.25) is 0 Å². The minimum absolute atomic E-state index is 0.141. The Bertz CT molecular complexity index is 221. The number of aromatic nitrogens is 2. The van der Waals surface area contributed by atoms with Gasteiger partial charge in [-0.25, -0.2) is 0 Å². The van der Waals surface area contributed by atoms with E-state index in [4.69, 9.17) is 6.57 Å². The molecule has 0 bridgehead atoms. The molecule has 1 aromatic heterocycles. The zero-order chi connectivity index (χ0) is 5.98. The predicted octanol–water partition coefficient (Wildman–Crippen LogP) is 0.393. The second-order valence-electron chi connectivity index (χ2n) is 1.22. The Hall–Kier alpha value is -0.651. The van der Waals surface area contributed by atoms with Crippen molar-refractivity contribution >= 4 is 19.2 Å². The maximum atomic E-state index is 6.53. The van der Waals surface area contributed by atoms with Crippen LogP contribution in [-0.4, -0.2) is 24.7 Å². The van der Waals surface area contributed by atoms with Crippen molar-refractivity contribution < 1.29 is 0 Å². The summed E-state index contributed by atoms with van der Waals surface area (Å²) in [4.78, 5) is 3.15. The van der Waals surface area contributed by atoms with Crippen LogP contribution >= 0.6 is 0 Å². The molecule has 0 aliphatic carbocycles. The van der Waals surface area contributed by atoms with Gasteiger partial charge in [-0.1, -0.05) is 0 Å². The molecule has 0 saturated heterocycles. The van der Waals surface area contributed by atoms with E-state index < -0.39 is 0 Å². The second-order valence-corrected chi connectivity index (χ2v) is 3.65. The summed E-state index contributed by atoms with van der Waals surface area (Å²) in [6.07, 6.45) is 0. The van der Waals surface area contributed by atoms with Crippen molar-refractivity contribution in [3.8, 4) is 0 Å². The van der Waals surface area contributed by atoms with Crippen LogP contribution in [0.5, 0.6) is 0 Å². The van der Waals surface area contributed by atoms with E-state index in [1.54, 1.807) is 0 Å². The van der Waals surface area contributed by atoms with E-state index in [1.807, 2.05) is 6.92 Å². The molecule has 40 valence electrons. The van der Waals surface area contributed by atoms with E-state index in [1.165, 1.54) is 0 Å². The van der Waals surface area contributed by atoms with Crippen LogP contribution in [0.1, 0.15) is 4.57 Å². The first-order valence-corrected chi connectivity index (χ1v) is 3.72. The summed E-state index contributed by atoms with van der Waals surface area (Å²) in [5.41, 5.74) is 0. The molecule has 0 saturated carbocycles. The summed E-state index contributed by atoms with van der Waals surface area (Å²) >= 11 is 0.141. The fourth-order valence-electron chi connectivity index (χ4n) is 0.331. The summed E-state index contributed by atoms with van der Waals surface area (Å²) in [5, 5.41) is 7.32. The van der Waals surface area contributed by atoms with E-state index in [0.717, 1.165) is 4.57 Å². The normalized spacial score (nSPS) is 8.50. The molecule has 0 spiro atoms. The second kappa shape index (κ2) is 2.08. The zero-order valence-electron chi connectivity index (χ0n) is 4.25. The standard InChI is InChI=1S/C4H3N3Se/c1-3-6-7-4(5-2)8-3/h1H3. The van der Waals surface area contributed by atoms with Gasteiger partial charge in [0.2, 0.25) is 0 Å². The topological polar surface area (TPSA) is 30.1 Å². The van der Waals surface area contributed by atoms with Crippen LogP contribution in [0.15, 0.2) is 0 Å². The predicted molar refractivity (Wildman–Crippen MR) is 30.0 cm³/mol. The van der Waals surface area contributed by atoms with Crippen LogP contribution in [0.4, 0.5) is 4.69 Å². The molecule has 1 rings (SSSR count). The van der Waals surface area contributed by atoms with Crippen molar-refractivity contribution in [3.63, 3.8) is 0 Å². The molecule has 0 unspecified atom stereocenters. The molecule has 1 aromatic rings. The Morgan fingerprint density at radius 3 is 2.62 bits per heavy atom. The van der Waals surface area contributed by atoms with Crippen LogP contribution < -0.4 is 0 Å². The molecule has 3 nitrogen and oxygen atoms in total. The van der Waals surface area contributed by atoms with Gasteiger partial charge in [0.05, 0.1) is 0 Å². The van der Waals surface area contributed by atoms with Crippen molar-refractivity contribution in [2.45, 2.75) is 6.92 Å². The molecule has 0 aliphatic rings. The van der Waals surface area contributed by atoms with Gasteiger partial charge in [0.15, 0.2) is 0 Å². The van der Waals surface area contributed by atoms with E-state index in [2.05, 4.69) is 15.0 Å². The number of hydrogen-bond acceptors (Lipinski definition) is 2. The number of aryl methyl sites for hydroxylation is 1. The van der Waals surface area contributed by atoms with Crippen molar-refractivity contribution in [2.75, 3.05) is 0 Å². The molecule has 0 N–H and O–H groups in total. The van der Waals surface area contributed by atoms with E-state index in [0.29, 0.717) is 4.69 Å². The van der Waals surface area contributed by atoms with E-state index in [9.17, 15) is 0 Å². The van der Waals surface area contributed by atoms with Gasteiger partial charge in [-0.3, -0.25) is 0 Å². The zero-order valence-corrected chi connectivity index (χ0v) is 5.96. The number of hydrogen-bond donors (Lipinski definition) is 0. The first-order valence-electron chi connectivity index (χ1n) is 2.00. The van der Waals surface area contributed by atoms with Crippen LogP contribution in [-0.2, 0) is 0 Å². The molecule has 1 heterocycles. The Labute approximate surface area is 52.9 Å². The first kappa shape index (κ1) is 5.49. The van der Waals surface area contributed by atoms with Crippen molar-refractivity contribution in [2.24, 2.45) is 0 Å². The number of nitrogens with zero attached hydrogens (tertiary/aromatic N) is 3. The molecule has 0 aliphatic heterocycles. The van der Waals surface area contributed by atoms with Crippen LogP contribution in [0.3, 0.4) is 0 Å². The Morgan fingerprint density at radius 2 is 2.38 bits per heavy atom. The average molecular weight is 172 g/mol. The molecule has 8 heavy (non-hydrogen) atoms. The van der Waals surface area contributed by atoms with Crippen molar-refractivity contribution in [3.05, 3.63) is 16.0 Å². The van der Waals surface area contributed by atoms with Crippen LogP contribution in [0.25, 0.3) is 4.85 Å². The van der Waals surface area contributed by atoms with Crippen molar-refractivity contribution in [1.29, 1.82) is 0 Å². The molecular weight excluding hydrogens is 169 g/mol. The Morgan fingerprint density at radius 1 is 1.62 bits per heavy atom.